The first kappa shape index (κ1) is 18.7. The largest absolute Gasteiger partial charge is 0.493 e. The normalized spacial score (nSPS) is 10.0. The van der Waals surface area contributed by atoms with Crippen LogP contribution in [-0.4, -0.2) is 32.2 Å². The van der Waals surface area contributed by atoms with Crippen LogP contribution >= 0.6 is 15.9 Å². The molecule has 8 heteroatoms. The number of esters is 1. The van der Waals surface area contributed by atoms with E-state index in [2.05, 4.69) is 21.2 Å². The van der Waals surface area contributed by atoms with Gasteiger partial charge in [0, 0.05) is 4.47 Å². The third-order valence-electron chi connectivity index (χ3n) is 2.98. The van der Waals surface area contributed by atoms with Crippen molar-refractivity contribution in [3.05, 3.63) is 52.8 Å². The highest BCUT2D eigenvalue weighted by atomic mass is 79.9. The Bertz CT molecular complexity index is 768. The number of hydrogen-bond donors (Lipinski definition) is 1. The lowest BCUT2D eigenvalue weighted by molar-refractivity contribution is -0.149. The number of benzene rings is 2. The van der Waals surface area contributed by atoms with Gasteiger partial charge in [0.05, 0.1) is 12.8 Å². The van der Waals surface area contributed by atoms with Crippen LogP contribution in [0.3, 0.4) is 0 Å². The van der Waals surface area contributed by atoms with Gasteiger partial charge in [0.15, 0.2) is 24.7 Å². The Hall–Kier alpha value is -2.61. The summed E-state index contributed by atoms with van der Waals surface area (Å²) in [4.78, 5) is 23.3. The molecule has 0 atom stereocenters. The van der Waals surface area contributed by atoms with Crippen LogP contribution < -0.4 is 14.8 Å². The zero-order valence-electron chi connectivity index (χ0n) is 13.3. The predicted octanol–water partition coefficient (Wildman–Crippen LogP) is 3.16. The number of halogens is 2. The van der Waals surface area contributed by atoms with Crippen LogP contribution in [0.4, 0.5) is 10.1 Å². The maximum absolute atomic E-state index is 13.6. The summed E-state index contributed by atoms with van der Waals surface area (Å²) < 4.78 is 29.3. The molecule has 2 aromatic rings. The van der Waals surface area contributed by atoms with Gasteiger partial charge >= 0.3 is 5.97 Å². The molecule has 0 aliphatic heterocycles. The molecule has 0 unspecified atom stereocenters. The second-order valence-corrected chi connectivity index (χ2v) is 5.69. The highest BCUT2D eigenvalue weighted by Crippen LogP contribution is 2.25. The van der Waals surface area contributed by atoms with Gasteiger partial charge in [-0.3, -0.25) is 4.79 Å². The minimum Gasteiger partial charge on any atom is -0.493 e. The van der Waals surface area contributed by atoms with Crippen molar-refractivity contribution in [1.82, 2.24) is 0 Å². The number of carbonyl (C=O) groups is 2. The van der Waals surface area contributed by atoms with Gasteiger partial charge in [-0.1, -0.05) is 28.1 Å². The fraction of sp³-hybridized carbons (Fsp3) is 0.176. The van der Waals surface area contributed by atoms with Gasteiger partial charge in [-0.05, 0) is 30.3 Å². The Morgan fingerprint density at radius 1 is 1.12 bits per heavy atom. The number of methoxy groups -OCH3 is 1. The van der Waals surface area contributed by atoms with Crippen molar-refractivity contribution in [2.24, 2.45) is 0 Å². The first-order valence-corrected chi connectivity index (χ1v) is 7.95. The zero-order valence-corrected chi connectivity index (χ0v) is 14.8. The van der Waals surface area contributed by atoms with E-state index in [1.54, 1.807) is 30.3 Å². The van der Waals surface area contributed by atoms with Gasteiger partial charge in [-0.15, -0.1) is 0 Å². The van der Waals surface area contributed by atoms with E-state index in [0.29, 0.717) is 16.0 Å². The summed E-state index contributed by atoms with van der Waals surface area (Å²) in [5.41, 5.74) is -0.00507. The van der Waals surface area contributed by atoms with Crippen LogP contribution in [-0.2, 0) is 14.3 Å². The summed E-state index contributed by atoms with van der Waals surface area (Å²) in [6.07, 6.45) is 0. The molecule has 0 aliphatic carbocycles. The average molecular weight is 412 g/mol. The third kappa shape index (κ3) is 5.75. The quantitative estimate of drug-likeness (QED) is 0.708. The Labute approximate surface area is 152 Å². The zero-order chi connectivity index (χ0) is 18.2. The van der Waals surface area contributed by atoms with Crippen LogP contribution in [0.15, 0.2) is 46.9 Å². The van der Waals surface area contributed by atoms with Crippen LogP contribution in [0.25, 0.3) is 0 Å². The molecule has 0 heterocycles. The van der Waals surface area contributed by atoms with Gasteiger partial charge < -0.3 is 19.5 Å². The maximum atomic E-state index is 13.6. The minimum atomic E-state index is -0.739. The summed E-state index contributed by atoms with van der Waals surface area (Å²) in [6, 6.07) is 11.0. The number of carbonyl (C=O) groups excluding carboxylic acids is 2. The lowest BCUT2D eigenvalue weighted by Crippen LogP contribution is -2.24. The van der Waals surface area contributed by atoms with Crippen LogP contribution in [0.1, 0.15) is 0 Å². The smallest absolute Gasteiger partial charge is 0.344 e. The van der Waals surface area contributed by atoms with Crippen molar-refractivity contribution in [1.29, 1.82) is 0 Å². The SMILES string of the molecule is COc1ccccc1OCC(=O)OCC(=O)Nc1ccc(Br)cc1F. The molecule has 2 aromatic carbocycles. The van der Waals surface area contributed by atoms with Crippen LogP contribution in [0.2, 0.25) is 0 Å². The number of hydrogen-bond acceptors (Lipinski definition) is 5. The predicted molar refractivity (Wildman–Crippen MR) is 92.2 cm³/mol. The van der Waals surface area contributed by atoms with Gasteiger partial charge in [0.2, 0.25) is 0 Å². The molecule has 1 amide bonds. The van der Waals surface area contributed by atoms with Gasteiger partial charge in [-0.25, -0.2) is 9.18 Å². The first-order chi connectivity index (χ1) is 12.0. The fourth-order valence-corrected chi connectivity index (χ4v) is 2.17. The third-order valence-corrected chi connectivity index (χ3v) is 3.48. The number of para-hydroxylation sites is 2. The fourth-order valence-electron chi connectivity index (χ4n) is 1.84. The highest BCUT2D eigenvalue weighted by molar-refractivity contribution is 9.10. The Kier molecular flexibility index (Phi) is 6.76. The van der Waals surface area contributed by atoms with Crippen molar-refractivity contribution < 1.29 is 28.2 Å². The summed E-state index contributed by atoms with van der Waals surface area (Å²) in [7, 11) is 1.48. The first-order valence-electron chi connectivity index (χ1n) is 7.16. The second kappa shape index (κ2) is 9.03. The monoisotopic (exact) mass is 411 g/mol. The average Bonchev–Trinajstić information content (AvgIpc) is 2.60. The molecule has 1 N–H and O–H groups in total. The molecule has 0 aromatic heterocycles. The molecule has 0 radical (unpaired) electrons. The molecule has 0 fully saturated rings. The van der Waals surface area contributed by atoms with Crippen LogP contribution in [0.5, 0.6) is 11.5 Å². The standard InChI is InChI=1S/C17H15BrFNO5/c1-23-14-4-2-3-5-15(14)24-10-17(22)25-9-16(21)20-13-7-6-11(18)8-12(13)19/h2-8H,9-10H2,1H3,(H,20,21). The molecule has 132 valence electrons. The minimum absolute atomic E-state index is 0.00507. The summed E-state index contributed by atoms with van der Waals surface area (Å²) >= 11 is 3.11. The van der Waals surface area contributed by atoms with Crippen LogP contribution in [0, 0.1) is 5.82 Å². The van der Waals surface area contributed by atoms with E-state index >= 15 is 0 Å². The number of anilines is 1. The molecule has 2 rings (SSSR count). The number of nitrogens with one attached hydrogen (secondary N) is 1. The van der Waals surface area contributed by atoms with Gasteiger partial charge in [-0.2, -0.15) is 0 Å². The van der Waals surface area contributed by atoms with E-state index in [1.165, 1.54) is 19.2 Å². The Morgan fingerprint density at radius 3 is 2.52 bits per heavy atom. The van der Waals surface area contributed by atoms with E-state index in [9.17, 15) is 14.0 Å². The molecule has 0 saturated carbocycles. The van der Waals surface area contributed by atoms with E-state index in [4.69, 9.17) is 14.2 Å². The van der Waals surface area contributed by atoms with Crippen molar-refractivity contribution in [3.8, 4) is 11.5 Å². The molecule has 0 spiro atoms. The topological polar surface area (TPSA) is 73.9 Å². The summed E-state index contributed by atoms with van der Waals surface area (Å²) in [5, 5.41) is 2.31. The molecule has 0 bridgehead atoms. The summed E-state index contributed by atoms with van der Waals surface area (Å²) in [5.74, 6) is -1.15. The van der Waals surface area contributed by atoms with E-state index in [0.717, 1.165) is 0 Å². The lowest BCUT2D eigenvalue weighted by atomic mass is 10.3. The Balaban J connectivity index is 1.78. The number of ether oxygens (including phenoxy) is 3. The van der Waals surface area contributed by atoms with Gasteiger partial charge in [0.25, 0.3) is 5.91 Å². The van der Waals surface area contributed by atoms with E-state index < -0.39 is 24.3 Å². The molecule has 25 heavy (non-hydrogen) atoms. The molecular formula is C17H15BrFNO5. The highest BCUT2D eigenvalue weighted by Gasteiger charge is 2.12. The van der Waals surface area contributed by atoms with Crippen molar-refractivity contribution in [2.75, 3.05) is 25.6 Å². The van der Waals surface area contributed by atoms with E-state index in [1.807, 2.05) is 0 Å². The van der Waals surface area contributed by atoms with Crippen molar-refractivity contribution in [2.45, 2.75) is 0 Å². The maximum Gasteiger partial charge on any atom is 0.344 e. The number of rotatable bonds is 7. The van der Waals surface area contributed by atoms with Crippen molar-refractivity contribution >= 4 is 33.5 Å². The van der Waals surface area contributed by atoms with Crippen molar-refractivity contribution in [3.63, 3.8) is 0 Å². The summed E-state index contributed by atoms with van der Waals surface area (Å²) in [6.45, 7) is -0.941. The van der Waals surface area contributed by atoms with E-state index in [-0.39, 0.29) is 12.3 Å². The number of amides is 1. The lowest BCUT2D eigenvalue weighted by Gasteiger charge is -2.10. The van der Waals surface area contributed by atoms with Gasteiger partial charge in [0.1, 0.15) is 5.82 Å². The molecular weight excluding hydrogens is 397 g/mol. The molecule has 0 aliphatic rings. The molecule has 6 nitrogen and oxygen atoms in total. The Morgan fingerprint density at radius 2 is 1.84 bits per heavy atom. The molecule has 0 saturated heterocycles. The second-order valence-electron chi connectivity index (χ2n) is 4.77.